The van der Waals surface area contributed by atoms with Gasteiger partial charge in [-0.15, -0.1) is 0 Å². The summed E-state index contributed by atoms with van der Waals surface area (Å²) in [6.07, 6.45) is -1.03. The molecule has 34 heavy (non-hydrogen) atoms. The molecule has 1 N–H and O–H groups in total. The van der Waals surface area contributed by atoms with Crippen LogP contribution in [0.5, 0.6) is 6.01 Å². The van der Waals surface area contributed by atoms with E-state index >= 15 is 0 Å². The molecule has 1 aliphatic heterocycles. The van der Waals surface area contributed by atoms with E-state index in [-0.39, 0.29) is 23.2 Å². The number of aromatic nitrogens is 2. The fraction of sp³-hybridized carbons (Fsp3) is 0.783. The van der Waals surface area contributed by atoms with Crippen LogP contribution in [0.4, 0.5) is 0 Å². The van der Waals surface area contributed by atoms with Gasteiger partial charge in [0.2, 0.25) is 0 Å². The number of carbonyl (C=O) groups excluding carboxylic acids is 1. The number of rotatable bonds is 11. The van der Waals surface area contributed by atoms with E-state index < -0.39 is 38.8 Å². The van der Waals surface area contributed by atoms with Gasteiger partial charge in [-0.05, 0) is 39.0 Å². The molecule has 2 heterocycles. The van der Waals surface area contributed by atoms with Crippen LogP contribution in [-0.2, 0) is 23.4 Å². The van der Waals surface area contributed by atoms with Gasteiger partial charge in [0.1, 0.15) is 12.2 Å². The molecule has 2 rings (SSSR count). The Morgan fingerprint density at radius 3 is 2.53 bits per heavy atom. The summed E-state index contributed by atoms with van der Waals surface area (Å²) in [6, 6.07) is 0.123. The van der Waals surface area contributed by atoms with E-state index in [1.807, 2.05) is 14.0 Å². The molecule has 4 atom stereocenters. The first kappa shape index (κ1) is 28.4. The van der Waals surface area contributed by atoms with Crippen LogP contribution in [0.2, 0.25) is 18.1 Å². The van der Waals surface area contributed by atoms with E-state index in [0.717, 1.165) is 0 Å². The van der Waals surface area contributed by atoms with Gasteiger partial charge in [0, 0.05) is 25.2 Å². The lowest BCUT2D eigenvalue weighted by atomic mass is 10.1. The molecule has 0 radical (unpaired) electrons. The highest BCUT2D eigenvalue weighted by Crippen LogP contribution is 2.39. The van der Waals surface area contributed by atoms with Crippen molar-refractivity contribution in [2.75, 3.05) is 33.4 Å². The monoisotopic (exact) mass is 499 g/mol. The van der Waals surface area contributed by atoms with Gasteiger partial charge >= 0.3 is 12.0 Å². The molecule has 0 amide bonds. The van der Waals surface area contributed by atoms with Crippen LogP contribution in [0.1, 0.15) is 46.4 Å². The molecule has 1 unspecified atom stereocenters. The molecule has 11 heteroatoms. The predicted octanol–water partition coefficient (Wildman–Crippen LogP) is 2.41. The number of nitrogens with one attached hydrogen (secondary N) is 1. The zero-order valence-corrected chi connectivity index (χ0v) is 23.0. The molecular weight excluding hydrogens is 458 g/mol. The van der Waals surface area contributed by atoms with Crippen molar-refractivity contribution in [3.63, 3.8) is 0 Å². The molecule has 1 aromatic rings. The summed E-state index contributed by atoms with van der Waals surface area (Å²) >= 11 is 0. The van der Waals surface area contributed by atoms with Crippen LogP contribution in [0.15, 0.2) is 11.0 Å². The first-order valence-electron chi connectivity index (χ1n) is 11.8. The van der Waals surface area contributed by atoms with E-state index in [1.165, 1.54) is 6.92 Å². The molecular formula is C23H41N3O7Si. The van der Waals surface area contributed by atoms with Gasteiger partial charge in [-0.25, -0.2) is 0 Å². The number of carbonyl (C=O) groups is 1. The van der Waals surface area contributed by atoms with Gasteiger partial charge in [0.25, 0.3) is 5.56 Å². The average molecular weight is 500 g/mol. The Hall–Kier alpha value is -1.79. The molecule has 1 saturated heterocycles. The maximum Gasteiger partial charge on any atom is 0.303 e. The highest BCUT2D eigenvalue weighted by Gasteiger charge is 2.50. The molecule has 1 fully saturated rings. The van der Waals surface area contributed by atoms with Crippen molar-refractivity contribution < 1.29 is 28.2 Å². The maximum atomic E-state index is 12.2. The Morgan fingerprint density at radius 2 is 1.97 bits per heavy atom. The summed E-state index contributed by atoms with van der Waals surface area (Å²) in [7, 11) is -0.266. The predicted molar refractivity (Wildman–Crippen MR) is 131 cm³/mol. The van der Waals surface area contributed by atoms with Crippen molar-refractivity contribution >= 4 is 14.3 Å². The number of ether oxygens (including phenoxy) is 4. The normalized spacial score (nSPS) is 23.2. The van der Waals surface area contributed by atoms with Crippen molar-refractivity contribution in [3.8, 4) is 6.01 Å². The smallest absolute Gasteiger partial charge is 0.303 e. The third-order valence-electron chi connectivity index (χ3n) is 6.30. The summed E-state index contributed by atoms with van der Waals surface area (Å²) in [5.41, 5.74) is 0.0609. The topological polar surface area (TPSA) is 110 Å². The number of hydrogen-bond donors (Lipinski definition) is 1. The standard InChI is InChI=1S/C23H41N3O7Si/c1-10-29-22-25-20(28)15(2)13-26(22)21-19(30-12-11-24-7)18(32-16(3)27)17(33-21)14-31-34(8,9)23(4,5)6/h13,17-19,21,24H,10-12,14H2,1-9H3/t17-,18+,19?,21-/m1/s1. The lowest BCUT2D eigenvalue weighted by Gasteiger charge is -2.37. The number of hydrogen-bond acceptors (Lipinski definition) is 9. The Morgan fingerprint density at radius 1 is 1.29 bits per heavy atom. The zero-order valence-electron chi connectivity index (χ0n) is 22.0. The van der Waals surface area contributed by atoms with Crippen LogP contribution in [0.25, 0.3) is 0 Å². The Balaban J connectivity index is 2.46. The number of likely N-dealkylation sites (N-methyl/N-ethyl adjacent to an activating group) is 1. The lowest BCUT2D eigenvalue weighted by Crippen LogP contribution is -2.46. The summed E-state index contributed by atoms with van der Waals surface area (Å²) in [6.45, 7) is 17.2. The number of aryl methyl sites for hydroxylation is 1. The van der Waals surface area contributed by atoms with E-state index in [4.69, 9.17) is 23.4 Å². The summed E-state index contributed by atoms with van der Waals surface area (Å²) < 4.78 is 32.0. The van der Waals surface area contributed by atoms with Crippen molar-refractivity contribution in [2.45, 2.75) is 84.2 Å². The van der Waals surface area contributed by atoms with Gasteiger partial charge in [-0.2, -0.15) is 4.98 Å². The van der Waals surface area contributed by atoms with E-state index in [2.05, 4.69) is 44.2 Å². The van der Waals surface area contributed by atoms with Gasteiger partial charge < -0.3 is 28.7 Å². The van der Waals surface area contributed by atoms with Gasteiger partial charge in [-0.3, -0.25) is 14.2 Å². The number of nitrogens with zero attached hydrogens (tertiary/aromatic N) is 2. The molecule has 0 saturated carbocycles. The van der Waals surface area contributed by atoms with Crippen LogP contribution in [0, 0.1) is 6.92 Å². The Bertz CT molecular complexity index is 884. The second-order valence-corrected chi connectivity index (χ2v) is 14.8. The summed E-state index contributed by atoms with van der Waals surface area (Å²) in [4.78, 5) is 28.3. The van der Waals surface area contributed by atoms with Crippen LogP contribution in [0.3, 0.4) is 0 Å². The first-order chi connectivity index (χ1) is 15.8. The van der Waals surface area contributed by atoms with E-state index in [1.54, 1.807) is 17.7 Å². The average Bonchev–Trinajstić information content (AvgIpc) is 3.05. The molecule has 0 spiro atoms. The molecule has 0 aromatic carbocycles. The highest BCUT2D eigenvalue weighted by atomic mass is 28.4. The Kier molecular flexibility index (Phi) is 9.84. The third-order valence-corrected chi connectivity index (χ3v) is 10.8. The fourth-order valence-corrected chi connectivity index (χ4v) is 4.37. The van der Waals surface area contributed by atoms with Crippen molar-refractivity contribution in [3.05, 3.63) is 22.1 Å². The van der Waals surface area contributed by atoms with Gasteiger partial charge in [0.15, 0.2) is 20.6 Å². The molecule has 194 valence electrons. The first-order valence-corrected chi connectivity index (χ1v) is 14.7. The lowest BCUT2D eigenvalue weighted by molar-refractivity contribution is -0.155. The minimum absolute atomic E-state index is 0.00645. The van der Waals surface area contributed by atoms with E-state index in [9.17, 15) is 9.59 Å². The summed E-state index contributed by atoms with van der Waals surface area (Å²) in [5, 5.41) is 3.05. The minimum Gasteiger partial charge on any atom is -0.465 e. The molecule has 0 bridgehead atoms. The molecule has 1 aliphatic rings. The van der Waals surface area contributed by atoms with Crippen LogP contribution < -0.4 is 15.6 Å². The molecule has 1 aromatic heterocycles. The number of esters is 1. The minimum atomic E-state index is -2.09. The molecule has 10 nitrogen and oxygen atoms in total. The third kappa shape index (κ3) is 6.88. The van der Waals surface area contributed by atoms with Crippen molar-refractivity contribution in [1.82, 2.24) is 14.9 Å². The largest absolute Gasteiger partial charge is 0.465 e. The maximum absolute atomic E-state index is 12.2. The second-order valence-electron chi connectivity index (χ2n) is 10.0. The van der Waals surface area contributed by atoms with Gasteiger partial charge in [0.05, 0.1) is 19.8 Å². The van der Waals surface area contributed by atoms with E-state index in [0.29, 0.717) is 25.3 Å². The van der Waals surface area contributed by atoms with Crippen molar-refractivity contribution in [1.29, 1.82) is 0 Å². The van der Waals surface area contributed by atoms with Crippen LogP contribution >= 0.6 is 0 Å². The van der Waals surface area contributed by atoms with Gasteiger partial charge in [-0.1, -0.05) is 20.8 Å². The summed E-state index contributed by atoms with van der Waals surface area (Å²) in [5.74, 6) is -0.437. The highest BCUT2D eigenvalue weighted by molar-refractivity contribution is 6.74. The molecule has 0 aliphatic carbocycles. The Labute approximate surface area is 203 Å². The second kappa shape index (κ2) is 11.8. The quantitative estimate of drug-likeness (QED) is 0.279. The zero-order chi connectivity index (χ0) is 25.7. The van der Waals surface area contributed by atoms with Crippen LogP contribution in [-0.4, -0.2) is 75.6 Å². The van der Waals surface area contributed by atoms with Crippen molar-refractivity contribution in [2.24, 2.45) is 0 Å². The fourth-order valence-electron chi connectivity index (χ4n) is 3.35. The SMILES string of the molecule is CCOc1nc(=O)c(C)cn1[C@@H]1O[C@H](CO[Si](C)(C)C(C)(C)C)[C@H](OC(C)=O)C1OCCNC.